The van der Waals surface area contributed by atoms with Gasteiger partial charge in [0.05, 0.1) is 0 Å². The zero-order valence-corrected chi connectivity index (χ0v) is 10.9. The molecule has 5 heteroatoms. The summed E-state index contributed by atoms with van der Waals surface area (Å²) >= 11 is 11.5. The van der Waals surface area contributed by atoms with Crippen LogP contribution < -0.4 is 5.32 Å². The van der Waals surface area contributed by atoms with E-state index >= 15 is 0 Å². The minimum absolute atomic E-state index is 0.117. The molecule has 1 rings (SSSR count). The van der Waals surface area contributed by atoms with Gasteiger partial charge in [-0.1, -0.05) is 31.5 Å². The van der Waals surface area contributed by atoms with Gasteiger partial charge in [0.15, 0.2) is 0 Å². The molecule has 0 saturated heterocycles. The fraction of sp³-hybridized carbons (Fsp3) is 0.455. The molecule has 0 fully saturated rings. The molecule has 0 unspecified atom stereocenters. The Morgan fingerprint density at radius 2 is 2.12 bits per heavy atom. The van der Waals surface area contributed by atoms with Gasteiger partial charge in [-0.3, -0.25) is 0 Å². The van der Waals surface area contributed by atoms with Crippen LogP contribution in [0.1, 0.15) is 20.3 Å². The van der Waals surface area contributed by atoms with E-state index in [9.17, 15) is 0 Å². The van der Waals surface area contributed by atoms with E-state index in [0.717, 1.165) is 13.0 Å². The van der Waals surface area contributed by atoms with Gasteiger partial charge in [0.25, 0.3) is 0 Å². The third kappa shape index (κ3) is 4.37. The van der Waals surface area contributed by atoms with Crippen molar-refractivity contribution in [3.63, 3.8) is 0 Å². The minimum Gasteiger partial charge on any atom is -0.369 e. The monoisotopic (exact) mass is 259 g/mol. The van der Waals surface area contributed by atoms with E-state index in [0.29, 0.717) is 11.0 Å². The van der Waals surface area contributed by atoms with Gasteiger partial charge in [-0.25, -0.2) is 9.97 Å². The highest BCUT2D eigenvalue weighted by molar-refractivity contribution is 6.32. The number of halogens is 2. The molecule has 1 aromatic rings. The maximum Gasteiger partial charge on any atom is 0.225 e. The molecule has 88 valence electrons. The SMILES string of the molecule is C=CCC(C)(C)CNc1cc(Cl)nc(Cl)n1. The molecule has 0 aliphatic rings. The zero-order valence-electron chi connectivity index (χ0n) is 9.43. The summed E-state index contributed by atoms with van der Waals surface area (Å²) < 4.78 is 0. The Balaban J connectivity index is 2.63. The summed E-state index contributed by atoms with van der Waals surface area (Å²) in [4.78, 5) is 7.81. The molecule has 0 aromatic carbocycles. The summed E-state index contributed by atoms with van der Waals surface area (Å²) in [6, 6.07) is 1.65. The molecule has 0 bridgehead atoms. The average molecular weight is 260 g/mol. The smallest absolute Gasteiger partial charge is 0.225 e. The van der Waals surface area contributed by atoms with Crippen LogP contribution in [0.25, 0.3) is 0 Å². The number of allylic oxidation sites excluding steroid dienone is 1. The molecule has 1 aromatic heterocycles. The fourth-order valence-corrected chi connectivity index (χ4v) is 1.68. The Hall–Kier alpha value is -0.800. The summed E-state index contributed by atoms with van der Waals surface area (Å²) in [5, 5.41) is 3.67. The highest BCUT2D eigenvalue weighted by Crippen LogP contribution is 2.22. The molecule has 0 atom stereocenters. The summed E-state index contributed by atoms with van der Waals surface area (Å²) in [6.45, 7) is 8.79. The van der Waals surface area contributed by atoms with Crippen molar-refractivity contribution in [1.82, 2.24) is 9.97 Å². The number of anilines is 1. The topological polar surface area (TPSA) is 37.8 Å². The molecule has 0 radical (unpaired) electrons. The van der Waals surface area contributed by atoms with Gasteiger partial charge in [-0.05, 0) is 23.4 Å². The second kappa shape index (κ2) is 5.51. The lowest BCUT2D eigenvalue weighted by Crippen LogP contribution is -2.22. The van der Waals surface area contributed by atoms with Gasteiger partial charge in [0.1, 0.15) is 11.0 Å². The van der Waals surface area contributed by atoms with Crippen LogP contribution in [0.3, 0.4) is 0 Å². The van der Waals surface area contributed by atoms with E-state index < -0.39 is 0 Å². The van der Waals surface area contributed by atoms with Gasteiger partial charge < -0.3 is 5.32 Å². The normalized spacial score (nSPS) is 11.2. The van der Waals surface area contributed by atoms with E-state index in [1.54, 1.807) is 6.07 Å². The van der Waals surface area contributed by atoms with Gasteiger partial charge in [-0.15, -0.1) is 6.58 Å². The van der Waals surface area contributed by atoms with E-state index in [1.807, 2.05) is 6.08 Å². The van der Waals surface area contributed by atoms with Gasteiger partial charge in [-0.2, -0.15) is 0 Å². The summed E-state index contributed by atoms with van der Waals surface area (Å²) in [7, 11) is 0. The van der Waals surface area contributed by atoms with E-state index in [-0.39, 0.29) is 10.7 Å². The largest absolute Gasteiger partial charge is 0.369 e. The van der Waals surface area contributed by atoms with Crippen LogP contribution in [0, 0.1) is 5.41 Å². The summed E-state index contributed by atoms with van der Waals surface area (Å²) in [6.07, 6.45) is 2.83. The number of nitrogens with zero attached hydrogens (tertiary/aromatic N) is 2. The molecular weight excluding hydrogens is 245 g/mol. The standard InChI is InChI=1S/C11H15Cl2N3/c1-4-5-11(2,3)7-14-9-6-8(12)15-10(13)16-9/h4,6H,1,5,7H2,2-3H3,(H,14,15,16). The molecule has 16 heavy (non-hydrogen) atoms. The van der Waals surface area contributed by atoms with Crippen LogP contribution in [0.5, 0.6) is 0 Å². The van der Waals surface area contributed by atoms with Crippen molar-refractivity contribution in [2.45, 2.75) is 20.3 Å². The molecule has 0 aliphatic carbocycles. The Kier molecular flexibility index (Phi) is 4.56. The Morgan fingerprint density at radius 3 is 2.69 bits per heavy atom. The van der Waals surface area contributed by atoms with E-state index in [1.165, 1.54) is 0 Å². The number of hydrogen-bond donors (Lipinski definition) is 1. The predicted octanol–water partition coefficient (Wildman–Crippen LogP) is 3.80. The molecule has 0 spiro atoms. The second-order valence-electron chi connectivity index (χ2n) is 4.36. The fourth-order valence-electron chi connectivity index (χ4n) is 1.27. The molecule has 3 nitrogen and oxygen atoms in total. The molecule has 1 heterocycles. The number of aromatic nitrogens is 2. The van der Waals surface area contributed by atoms with Gasteiger partial charge in [0.2, 0.25) is 5.28 Å². The predicted molar refractivity (Wildman–Crippen MR) is 69.1 cm³/mol. The lowest BCUT2D eigenvalue weighted by molar-refractivity contribution is 0.398. The van der Waals surface area contributed by atoms with Crippen molar-refractivity contribution >= 4 is 29.0 Å². The lowest BCUT2D eigenvalue weighted by Gasteiger charge is -2.23. The maximum absolute atomic E-state index is 5.77. The van der Waals surface area contributed by atoms with Crippen molar-refractivity contribution in [2.75, 3.05) is 11.9 Å². The molecule has 1 N–H and O–H groups in total. The number of nitrogens with one attached hydrogen (secondary N) is 1. The van der Waals surface area contributed by atoms with Crippen LogP contribution in [-0.2, 0) is 0 Å². The minimum atomic E-state index is 0.117. The van der Waals surface area contributed by atoms with Gasteiger partial charge in [0, 0.05) is 12.6 Å². The van der Waals surface area contributed by atoms with Crippen molar-refractivity contribution in [3.05, 3.63) is 29.2 Å². The lowest BCUT2D eigenvalue weighted by atomic mass is 9.89. The number of rotatable bonds is 5. The molecule has 0 saturated carbocycles. The summed E-state index contributed by atoms with van der Waals surface area (Å²) in [5.41, 5.74) is 0.117. The van der Waals surface area contributed by atoms with Gasteiger partial charge >= 0.3 is 0 Å². The second-order valence-corrected chi connectivity index (χ2v) is 5.08. The van der Waals surface area contributed by atoms with Crippen LogP contribution in [0.15, 0.2) is 18.7 Å². The zero-order chi connectivity index (χ0) is 12.2. The van der Waals surface area contributed by atoms with Crippen LogP contribution in [0.2, 0.25) is 10.4 Å². The first kappa shape index (κ1) is 13.3. The van der Waals surface area contributed by atoms with Crippen molar-refractivity contribution < 1.29 is 0 Å². The average Bonchev–Trinajstić information content (AvgIpc) is 2.13. The van der Waals surface area contributed by atoms with Crippen LogP contribution >= 0.6 is 23.2 Å². The highest BCUT2D eigenvalue weighted by atomic mass is 35.5. The molecule has 0 amide bonds. The highest BCUT2D eigenvalue weighted by Gasteiger charge is 2.15. The Bertz CT molecular complexity index is 357. The van der Waals surface area contributed by atoms with E-state index in [2.05, 4.69) is 35.7 Å². The quantitative estimate of drug-likeness (QED) is 0.497. The first-order chi connectivity index (χ1) is 7.43. The third-order valence-corrected chi connectivity index (χ3v) is 2.48. The van der Waals surface area contributed by atoms with E-state index in [4.69, 9.17) is 23.2 Å². The van der Waals surface area contributed by atoms with Crippen LogP contribution in [0.4, 0.5) is 5.82 Å². The molecule has 0 aliphatic heterocycles. The van der Waals surface area contributed by atoms with Crippen molar-refractivity contribution in [3.8, 4) is 0 Å². The van der Waals surface area contributed by atoms with Crippen molar-refractivity contribution in [1.29, 1.82) is 0 Å². The maximum atomic E-state index is 5.77. The first-order valence-electron chi connectivity index (χ1n) is 4.98. The summed E-state index contributed by atoms with van der Waals surface area (Å²) in [5.74, 6) is 0.641. The number of hydrogen-bond acceptors (Lipinski definition) is 3. The first-order valence-corrected chi connectivity index (χ1v) is 5.73. The Morgan fingerprint density at radius 1 is 1.44 bits per heavy atom. The van der Waals surface area contributed by atoms with Crippen LogP contribution in [-0.4, -0.2) is 16.5 Å². The Labute approximate surface area is 106 Å². The molecular formula is C11H15Cl2N3. The third-order valence-electron chi connectivity index (χ3n) is 2.11. The van der Waals surface area contributed by atoms with Crippen molar-refractivity contribution in [2.24, 2.45) is 5.41 Å².